The largest absolute Gasteiger partial charge is 0.506 e. The third-order valence-electron chi connectivity index (χ3n) is 5.54. The molecule has 0 saturated carbocycles. The van der Waals surface area contributed by atoms with E-state index in [0.29, 0.717) is 17.7 Å². The van der Waals surface area contributed by atoms with Crippen LogP contribution in [0.3, 0.4) is 0 Å². The molecule has 9 nitrogen and oxygen atoms in total. The fourth-order valence-electron chi connectivity index (χ4n) is 3.89. The Morgan fingerprint density at radius 2 is 1.91 bits per heavy atom. The van der Waals surface area contributed by atoms with Crippen LogP contribution in [0.5, 0.6) is 5.75 Å². The first-order valence-corrected chi connectivity index (χ1v) is 12.8. The van der Waals surface area contributed by atoms with E-state index in [2.05, 4.69) is 14.9 Å². The summed E-state index contributed by atoms with van der Waals surface area (Å²) in [6.07, 6.45) is 1.79. The molecule has 0 unspecified atom stereocenters. The van der Waals surface area contributed by atoms with E-state index in [-0.39, 0.29) is 30.0 Å². The van der Waals surface area contributed by atoms with Gasteiger partial charge in [0.25, 0.3) is 0 Å². The molecule has 0 amide bonds. The van der Waals surface area contributed by atoms with Crippen molar-refractivity contribution in [3.8, 4) is 5.75 Å². The van der Waals surface area contributed by atoms with Gasteiger partial charge in [-0.3, -0.25) is 4.72 Å². The minimum Gasteiger partial charge on any atom is -0.506 e. The van der Waals surface area contributed by atoms with Crippen LogP contribution in [0.2, 0.25) is 0 Å². The molecule has 0 radical (unpaired) electrons. The summed E-state index contributed by atoms with van der Waals surface area (Å²) in [5, 5.41) is 23.8. The molecule has 1 atom stereocenters. The van der Waals surface area contributed by atoms with Gasteiger partial charge in [-0.2, -0.15) is 0 Å². The second-order valence-corrected chi connectivity index (χ2v) is 9.82. The number of rotatable bonds is 9. The number of phenols is 1. The van der Waals surface area contributed by atoms with Gasteiger partial charge in [0.15, 0.2) is 0 Å². The Morgan fingerprint density at radius 1 is 1.21 bits per heavy atom. The Balaban J connectivity index is 1.55. The lowest BCUT2D eigenvalue weighted by atomic mass is 10.0. The van der Waals surface area contributed by atoms with Gasteiger partial charge in [0.2, 0.25) is 10.0 Å². The fraction of sp³-hybridized carbons (Fsp3) is 0.435. The van der Waals surface area contributed by atoms with Crippen molar-refractivity contribution in [1.29, 1.82) is 0 Å². The third-order valence-corrected chi connectivity index (χ3v) is 6.13. The number of esters is 1. The highest BCUT2D eigenvalue weighted by Gasteiger charge is 2.24. The van der Waals surface area contributed by atoms with Crippen molar-refractivity contribution in [3.05, 3.63) is 53.6 Å². The number of hydrogen-bond acceptors (Lipinski definition) is 8. The number of aliphatic hydroxyl groups excluding tert-OH is 1. The smallest absolute Gasteiger partial charge is 0.340 e. The van der Waals surface area contributed by atoms with E-state index in [4.69, 9.17) is 4.74 Å². The number of benzene rings is 2. The van der Waals surface area contributed by atoms with Crippen LogP contribution >= 0.6 is 0 Å². The maximum Gasteiger partial charge on any atom is 0.340 e. The summed E-state index contributed by atoms with van der Waals surface area (Å²) in [5.41, 5.74) is 1.95. The molecule has 10 heteroatoms. The number of carbonyl (C=O) groups excluding carboxylic acids is 1. The third kappa shape index (κ3) is 6.83. The molecule has 1 aliphatic rings. The number of phenolic OH excluding ortho intramolecular Hbond substituents is 1. The van der Waals surface area contributed by atoms with Gasteiger partial charge in [-0.15, -0.1) is 0 Å². The maximum absolute atomic E-state index is 12.3. The molecule has 3 rings (SSSR count). The molecule has 1 heterocycles. The van der Waals surface area contributed by atoms with Crippen LogP contribution in [0.25, 0.3) is 0 Å². The monoisotopic (exact) mass is 477 g/mol. The zero-order valence-electron chi connectivity index (χ0n) is 18.8. The van der Waals surface area contributed by atoms with Crippen LogP contribution in [0, 0.1) is 0 Å². The second-order valence-electron chi connectivity index (χ2n) is 8.07. The Morgan fingerprint density at radius 3 is 2.58 bits per heavy atom. The Bertz CT molecular complexity index is 1070. The summed E-state index contributed by atoms with van der Waals surface area (Å²) in [4.78, 5) is 14.4. The number of nitrogens with one attached hydrogen (secondary N) is 2. The molecule has 2 aromatic carbocycles. The van der Waals surface area contributed by atoms with Crippen LogP contribution in [0.15, 0.2) is 42.5 Å². The molecule has 0 spiro atoms. The number of anilines is 2. The predicted octanol–water partition coefficient (Wildman–Crippen LogP) is 2.23. The van der Waals surface area contributed by atoms with Crippen molar-refractivity contribution in [1.82, 2.24) is 5.32 Å². The number of sulfonamides is 1. The highest BCUT2D eigenvalue weighted by molar-refractivity contribution is 7.92. The maximum atomic E-state index is 12.3. The Hall–Kier alpha value is -2.82. The molecular weight excluding hydrogens is 446 g/mol. The summed E-state index contributed by atoms with van der Waals surface area (Å²) in [6.45, 7) is 3.91. The number of carbonyl (C=O) groups is 1. The SMILES string of the molecule is CCOC(=O)c1ccccc1N1CCC(NC[C@H](O)c2ccc(O)c(NS(C)(=O)=O)c2)CC1. The highest BCUT2D eigenvalue weighted by atomic mass is 32.2. The first kappa shape index (κ1) is 24.8. The lowest BCUT2D eigenvalue weighted by Crippen LogP contribution is -2.44. The van der Waals surface area contributed by atoms with Crippen molar-refractivity contribution in [2.24, 2.45) is 0 Å². The van der Waals surface area contributed by atoms with Crippen LogP contribution in [0.4, 0.5) is 11.4 Å². The molecule has 0 aliphatic carbocycles. The van der Waals surface area contributed by atoms with E-state index >= 15 is 0 Å². The topological polar surface area (TPSA) is 128 Å². The summed E-state index contributed by atoms with van der Waals surface area (Å²) in [6, 6.07) is 12.0. The lowest BCUT2D eigenvalue weighted by molar-refractivity contribution is 0.0527. The van der Waals surface area contributed by atoms with E-state index in [1.165, 1.54) is 12.1 Å². The number of aliphatic hydroxyl groups is 1. The highest BCUT2D eigenvalue weighted by Crippen LogP contribution is 2.28. The van der Waals surface area contributed by atoms with Crippen LogP contribution in [-0.4, -0.2) is 63.1 Å². The molecule has 1 saturated heterocycles. The number of para-hydroxylation sites is 1. The van der Waals surface area contributed by atoms with Crippen molar-refractivity contribution < 1.29 is 28.2 Å². The zero-order valence-corrected chi connectivity index (χ0v) is 19.6. The van der Waals surface area contributed by atoms with Gasteiger partial charge in [-0.05, 0) is 49.6 Å². The Kier molecular flexibility index (Phi) is 8.17. The zero-order chi connectivity index (χ0) is 24.0. The van der Waals surface area contributed by atoms with Gasteiger partial charge >= 0.3 is 5.97 Å². The van der Waals surface area contributed by atoms with E-state index in [0.717, 1.165) is 37.9 Å². The van der Waals surface area contributed by atoms with E-state index < -0.39 is 16.1 Å². The number of piperidine rings is 1. The second kappa shape index (κ2) is 10.9. The summed E-state index contributed by atoms with van der Waals surface area (Å²) in [7, 11) is -3.55. The van der Waals surface area contributed by atoms with Gasteiger partial charge < -0.3 is 25.2 Å². The molecule has 33 heavy (non-hydrogen) atoms. The standard InChI is InChI=1S/C23H31N3O6S/c1-3-32-23(29)18-6-4-5-7-20(18)26-12-10-17(11-13-26)24-15-22(28)16-8-9-21(27)19(14-16)25-33(2,30)31/h4-9,14,17,22,24-25,27-28H,3,10-13,15H2,1-2H3/t22-/m0/s1. The Labute approximate surface area is 194 Å². The van der Waals surface area contributed by atoms with Crippen LogP contribution in [0.1, 0.15) is 41.8 Å². The normalized spacial score (nSPS) is 15.8. The predicted molar refractivity (Wildman–Crippen MR) is 127 cm³/mol. The van der Waals surface area contributed by atoms with Gasteiger partial charge in [0.1, 0.15) is 5.75 Å². The molecule has 0 aromatic heterocycles. The molecule has 2 aromatic rings. The van der Waals surface area contributed by atoms with Crippen molar-refractivity contribution in [2.75, 3.05) is 42.1 Å². The van der Waals surface area contributed by atoms with Crippen molar-refractivity contribution in [2.45, 2.75) is 31.9 Å². The number of nitrogens with zero attached hydrogens (tertiary/aromatic N) is 1. The number of ether oxygens (including phenoxy) is 1. The molecular formula is C23H31N3O6S. The number of aromatic hydroxyl groups is 1. The van der Waals surface area contributed by atoms with Gasteiger partial charge in [-0.25, -0.2) is 13.2 Å². The molecule has 1 aliphatic heterocycles. The molecule has 1 fully saturated rings. The fourth-order valence-corrected chi connectivity index (χ4v) is 4.46. The number of hydrogen-bond donors (Lipinski definition) is 4. The van der Waals surface area contributed by atoms with Crippen LogP contribution < -0.4 is 14.9 Å². The van der Waals surface area contributed by atoms with Crippen molar-refractivity contribution in [3.63, 3.8) is 0 Å². The van der Waals surface area contributed by atoms with E-state index in [9.17, 15) is 23.4 Å². The minimum absolute atomic E-state index is 0.0302. The summed E-state index contributed by atoms with van der Waals surface area (Å²) < 4.78 is 30.3. The van der Waals surface area contributed by atoms with E-state index in [1.54, 1.807) is 19.1 Å². The summed E-state index contributed by atoms with van der Waals surface area (Å²) in [5.74, 6) is -0.532. The van der Waals surface area contributed by atoms with E-state index in [1.807, 2.05) is 18.2 Å². The minimum atomic E-state index is -3.55. The van der Waals surface area contributed by atoms with Gasteiger partial charge in [-0.1, -0.05) is 18.2 Å². The van der Waals surface area contributed by atoms with Crippen LogP contribution in [-0.2, 0) is 14.8 Å². The average molecular weight is 478 g/mol. The average Bonchev–Trinajstić information content (AvgIpc) is 2.78. The lowest BCUT2D eigenvalue weighted by Gasteiger charge is -2.35. The molecule has 0 bridgehead atoms. The summed E-state index contributed by atoms with van der Waals surface area (Å²) >= 11 is 0. The quantitative estimate of drug-likeness (QED) is 0.320. The van der Waals surface area contributed by atoms with Gasteiger partial charge in [0.05, 0.1) is 35.9 Å². The first-order chi connectivity index (χ1) is 15.7. The van der Waals surface area contributed by atoms with Gasteiger partial charge in [0, 0.05) is 25.7 Å². The molecule has 4 N–H and O–H groups in total. The molecule has 180 valence electrons. The van der Waals surface area contributed by atoms with Crippen molar-refractivity contribution >= 4 is 27.4 Å². The first-order valence-electron chi connectivity index (χ1n) is 10.9.